The minimum absolute atomic E-state index is 0.557. The Labute approximate surface area is 118 Å². The summed E-state index contributed by atoms with van der Waals surface area (Å²) in [6, 6.07) is 2.08. The van der Waals surface area contributed by atoms with Gasteiger partial charge in [-0.05, 0) is 43.8 Å². The minimum atomic E-state index is 0.557. The zero-order valence-corrected chi connectivity index (χ0v) is 13.0. The second kappa shape index (κ2) is 8.39. The molecule has 0 saturated heterocycles. The zero-order chi connectivity index (χ0) is 14.3. The van der Waals surface area contributed by atoms with Crippen molar-refractivity contribution in [2.75, 3.05) is 13.1 Å². The van der Waals surface area contributed by atoms with Crippen molar-refractivity contribution in [1.29, 1.82) is 0 Å². The second-order valence-corrected chi connectivity index (χ2v) is 6.27. The van der Waals surface area contributed by atoms with E-state index in [2.05, 4.69) is 38.7 Å². The summed E-state index contributed by atoms with van der Waals surface area (Å²) in [5.74, 6) is 2.53. The smallest absolute Gasteiger partial charge is 0.118 e. The van der Waals surface area contributed by atoms with E-state index in [4.69, 9.17) is 10.2 Å². The molecular formula is C16H30N2O. The van der Waals surface area contributed by atoms with Gasteiger partial charge >= 0.3 is 0 Å². The fourth-order valence-electron chi connectivity index (χ4n) is 1.99. The monoisotopic (exact) mass is 266 g/mol. The van der Waals surface area contributed by atoms with E-state index in [-0.39, 0.29) is 0 Å². The van der Waals surface area contributed by atoms with Crippen LogP contribution in [0.15, 0.2) is 16.7 Å². The van der Waals surface area contributed by atoms with Crippen molar-refractivity contribution in [1.82, 2.24) is 4.90 Å². The highest BCUT2D eigenvalue weighted by Gasteiger charge is 2.10. The molecule has 0 atom stereocenters. The number of nitrogens with zero attached hydrogens (tertiary/aromatic N) is 1. The van der Waals surface area contributed by atoms with Gasteiger partial charge in [-0.1, -0.05) is 27.7 Å². The molecule has 0 aromatic carbocycles. The van der Waals surface area contributed by atoms with Crippen molar-refractivity contribution in [2.45, 2.75) is 53.6 Å². The van der Waals surface area contributed by atoms with Crippen LogP contribution >= 0.6 is 0 Å². The maximum Gasteiger partial charge on any atom is 0.118 e. The van der Waals surface area contributed by atoms with Gasteiger partial charge in [0.1, 0.15) is 5.76 Å². The van der Waals surface area contributed by atoms with Crippen LogP contribution in [0.1, 0.15) is 51.9 Å². The lowest BCUT2D eigenvalue weighted by Crippen LogP contribution is -2.27. The molecule has 1 heterocycles. The van der Waals surface area contributed by atoms with Crippen LogP contribution in [0.25, 0.3) is 0 Å². The molecule has 2 N–H and O–H groups in total. The molecule has 0 radical (unpaired) electrons. The first-order valence-corrected chi connectivity index (χ1v) is 7.50. The van der Waals surface area contributed by atoms with E-state index in [0.717, 1.165) is 42.8 Å². The van der Waals surface area contributed by atoms with E-state index in [1.54, 1.807) is 6.26 Å². The van der Waals surface area contributed by atoms with Crippen molar-refractivity contribution in [3.05, 3.63) is 23.7 Å². The van der Waals surface area contributed by atoms with Crippen molar-refractivity contribution in [3.8, 4) is 0 Å². The molecule has 0 aliphatic carbocycles. The summed E-state index contributed by atoms with van der Waals surface area (Å²) in [5, 5.41) is 0. The Morgan fingerprint density at radius 3 is 2.11 bits per heavy atom. The van der Waals surface area contributed by atoms with E-state index in [1.807, 2.05) is 0 Å². The third kappa shape index (κ3) is 6.79. The fraction of sp³-hybridized carbons (Fsp3) is 0.750. The Balaban J connectivity index is 2.51. The lowest BCUT2D eigenvalue weighted by molar-refractivity contribution is 0.219. The highest BCUT2D eigenvalue weighted by Crippen LogP contribution is 2.13. The molecule has 0 aliphatic rings. The molecule has 3 heteroatoms. The minimum Gasteiger partial charge on any atom is -0.468 e. The molecule has 3 nitrogen and oxygen atoms in total. The Morgan fingerprint density at radius 2 is 1.68 bits per heavy atom. The van der Waals surface area contributed by atoms with Crippen LogP contribution in [0, 0.1) is 11.8 Å². The molecule has 0 saturated carbocycles. The van der Waals surface area contributed by atoms with E-state index in [0.29, 0.717) is 6.54 Å². The first-order valence-electron chi connectivity index (χ1n) is 7.50. The van der Waals surface area contributed by atoms with Gasteiger partial charge in [0, 0.05) is 12.1 Å². The topological polar surface area (TPSA) is 42.4 Å². The zero-order valence-electron chi connectivity index (χ0n) is 13.0. The van der Waals surface area contributed by atoms with Crippen molar-refractivity contribution < 1.29 is 4.42 Å². The van der Waals surface area contributed by atoms with Gasteiger partial charge in [-0.15, -0.1) is 0 Å². The van der Waals surface area contributed by atoms with Crippen LogP contribution in [0.3, 0.4) is 0 Å². The van der Waals surface area contributed by atoms with E-state index in [1.165, 1.54) is 12.8 Å². The van der Waals surface area contributed by atoms with Gasteiger partial charge in [-0.2, -0.15) is 0 Å². The first-order chi connectivity index (χ1) is 9.01. The predicted molar refractivity (Wildman–Crippen MR) is 80.8 cm³/mol. The van der Waals surface area contributed by atoms with Crippen LogP contribution in [-0.2, 0) is 13.1 Å². The summed E-state index contributed by atoms with van der Waals surface area (Å²) in [5.41, 5.74) is 6.70. The molecule has 1 aromatic rings. The quantitative estimate of drug-likeness (QED) is 0.742. The summed E-state index contributed by atoms with van der Waals surface area (Å²) in [6.07, 6.45) is 4.25. The summed E-state index contributed by atoms with van der Waals surface area (Å²) in [4.78, 5) is 2.50. The first kappa shape index (κ1) is 16.3. The Morgan fingerprint density at radius 1 is 1.11 bits per heavy atom. The highest BCUT2D eigenvalue weighted by molar-refractivity contribution is 5.12. The van der Waals surface area contributed by atoms with Gasteiger partial charge in [0.25, 0.3) is 0 Å². The molecule has 19 heavy (non-hydrogen) atoms. The number of furan rings is 1. The maximum absolute atomic E-state index is 5.62. The van der Waals surface area contributed by atoms with Crippen LogP contribution in [0.2, 0.25) is 0 Å². The standard InChI is InChI=1S/C16H30N2O/c1-13(2)5-7-18(8-6-14(3)4)11-16-9-15(10-17)12-19-16/h9,12-14H,5-8,10-11,17H2,1-4H3. The molecule has 0 fully saturated rings. The third-order valence-electron chi connectivity index (χ3n) is 3.37. The molecule has 1 rings (SSSR count). The van der Waals surface area contributed by atoms with Gasteiger partial charge in [-0.3, -0.25) is 4.90 Å². The number of hydrogen-bond donors (Lipinski definition) is 1. The third-order valence-corrected chi connectivity index (χ3v) is 3.37. The lowest BCUT2D eigenvalue weighted by Gasteiger charge is -2.23. The molecule has 110 valence electrons. The number of nitrogens with two attached hydrogens (primary N) is 1. The molecule has 0 spiro atoms. The van der Waals surface area contributed by atoms with E-state index in [9.17, 15) is 0 Å². The molecule has 0 amide bonds. The fourth-order valence-corrected chi connectivity index (χ4v) is 1.99. The molecule has 1 aromatic heterocycles. The van der Waals surface area contributed by atoms with E-state index < -0.39 is 0 Å². The average molecular weight is 266 g/mol. The largest absolute Gasteiger partial charge is 0.468 e. The Bertz CT molecular complexity index is 332. The van der Waals surface area contributed by atoms with Gasteiger partial charge in [0.2, 0.25) is 0 Å². The number of rotatable bonds is 9. The molecule has 0 aliphatic heterocycles. The Hall–Kier alpha value is -0.800. The predicted octanol–water partition coefficient (Wildman–Crippen LogP) is 3.63. The molecular weight excluding hydrogens is 236 g/mol. The van der Waals surface area contributed by atoms with Crippen LogP contribution in [0.5, 0.6) is 0 Å². The Kier molecular flexibility index (Phi) is 7.17. The van der Waals surface area contributed by atoms with Gasteiger partial charge in [0.15, 0.2) is 0 Å². The SMILES string of the molecule is CC(C)CCN(CCC(C)C)Cc1cc(CN)co1. The summed E-state index contributed by atoms with van der Waals surface area (Å²) in [6.45, 7) is 12.9. The van der Waals surface area contributed by atoms with Gasteiger partial charge < -0.3 is 10.2 Å². The van der Waals surface area contributed by atoms with E-state index >= 15 is 0 Å². The normalized spacial score (nSPS) is 12.0. The lowest BCUT2D eigenvalue weighted by atomic mass is 10.1. The maximum atomic E-state index is 5.62. The average Bonchev–Trinajstić information content (AvgIpc) is 2.80. The van der Waals surface area contributed by atoms with Crippen molar-refractivity contribution in [2.24, 2.45) is 17.6 Å². The summed E-state index contributed by atoms with van der Waals surface area (Å²) in [7, 11) is 0. The second-order valence-electron chi connectivity index (χ2n) is 6.27. The van der Waals surface area contributed by atoms with Crippen LogP contribution in [0.4, 0.5) is 0 Å². The van der Waals surface area contributed by atoms with Crippen molar-refractivity contribution >= 4 is 0 Å². The summed E-state index contributed by atoms with van der Waals surface area (Å²) < 4.78 is 5.58. The number of hydrogen-bond acceptors (Lipinski definition) is 3. The highest BCUT2D eigenvalue weighted by atomic mass is 16.3. The van der Waals surface area contributed by atoms with Gasteiger partial charge in [0.05, 0.1) is 12.8 Å². The summed E-state index contributed by atoms with van der Waals surface area (Å²) >= 11 is 0. The molecule has 0 bridgehead atoms. The van der Waals surface area contributed by atoms with Crippen LogP contribution < -0.4 is 5.73 Å². The molecule has 0 unspecified atom stereocenters. The van der Waals surface area contributed by atoms with Crippen LogP contribution in [-0.4, -0.2) is 18.0 Å². The van der Waals surface area contributed by atoms with Crippen molar-refractivity contribution in [3.63, 3.8) is 0 Å². The van der Waals surface area contributed by atoms with Gasteiger partial charge in [-0.25, -0.2) is 0 Å².